The predicted octanol–water partition coefficient (Wildman–Crippen LogP) is 4.93. The highest BCUT2D eigenvalue weighted by Crippen LogP contribution is 2.24. The first kappa shape index (κ1) is 22.6. The molecule has 0 aliphatic carbocycles. The highest BCUT2D eigenvalue weighted by Gasteiger charge is 2.23. The molecule has 0 saturated heterocycles. The molecule has 0 saturated carbocycles. The summed E-state index contributed by atoms with van der Waals surface area (Å²) < 4.78 is 27.5. The van der Waals surface area contributed by atoms with Gasteiger partial charge >= 0.3 is 0 Å². The number of benzene rings is 3. The number of rotatable bonds is 6. The summed E-state index contributed by atoms with van der Waals surface area (Å²) in [6.45, 7) is 7.87. The van der Waals surface area contributed by atoms with E-state index in [-0.39, 0.29) is 16.8 Å². The van der Waals surface area contributed by atoms with E-state index in [0.29, 0.717) is 11.3 Å². The normalized spacial score (nSPS) is 12.3. The molecule has 162 valence electrons. The number of hydrogen-bond acceptors (Lipinski definition) is 3. The van der Waals surface area contributed by atoms with Gasteiger partial charge in [-0.05, 0) is 74.7 Å². The van der Waals surface area contributed by atoms with E-state index >= 15 is 0 Å². The van der Waals surface area contributed by atoms with Crippen molar-refractivity contribution in [1.82, 2.24) is 5.32 Å². The first-order valence-corrected chi connectivity index (χ1v) is 11.6. The molecule has 0 radical (unpaired) electrons. The van der Waals surface area contributed by atoms with Crippen LogP contribution in [0.1, 0.15) is 45.6 Å². The van der Waals surface area contributed by atoms with Crippen LogP contribution in [0.3, 0.4) is 0 Å². The number of carbonyl (C=O) groups excluding carboxylic acids is 1. The van der Waals surface area contributed by atoms with Gasteiger partial charge in [-0.25, -0.2) is 8.42 Å². The van der Waals surface area contributed by atoms with Gasteiger partial charge in [-0.2, -0.15) is 0 Å². The minimum absolute atomic E-state index is 0.0725. The van der Waals surface area contributed by atoms with E-state index in [1.165, 1.54) is 23.5 Å². The minimum Gasteiger partial charge on any atom is -0.346 e. The molecule has 6 heteroatoms. The van der Waals surface area contributed by atoms with Crippen LogP contribution in [0.5, 0.6) is 0 Å². The number of sulfonamides is 1. The lowest BCUT2D eigenvalue weighted by molar-refractivity contribution is 0.0939. The molecular formula is C25H28N2O3S. The summed E-state index contributed by atoms with van der Waals surface area (Å²) >= 11 is 0. The smallest absolute Gasteiger partial charge is 0.264 e. The first-order chi connectivity index (χ1) is 14.6. The fourth-order valence-electron chi connectivity index (χ4n) is 3.59. The van der Waals surface area contributed by atoms with Crippen molar-refractivity contribution in [3.8, 4) is 0 Å². The van der Waals surface area contributed by atoms with Crippen LogP contribution < -0.4 is 9.62 Å². The lowest BCUT2D eigenvalue weighted by atomic mass is 10.00. The molecule has 5 nitrogen and oxygen atoms in total. The summed E-state index contributed by atoms with van der Waals surface area (Å²) in [5, 5.41) is 2.97. The molecule has 0 unspecified atom stereocenters. The Morgan fingerprint density at radius 2 is 1.58 bits per heavy atom. The molecule has 0 bridgehead atoms. The van der Waals surface area contributed by atoms with Crippen molar-refractivity contribution in [3.63, 3.8) is 0 Å². The van der Waals surface area contributed by atoms with Crippen molar-refractivity contribution in [3.05, 3.63) is 94.5 Å². The largest absolute Gasteiger partial charge is 0.346 e. The number of aryl methyl sites for hydroxylation is 3. The van der Waals surface area contributed by atoms with Gasteiger partial charge in [0.2, 0.25) is 0 Å². The van der Waals surface area contributed by atoms with Gasteiger partial charge in [-0.15, -0.1) is 0 Å². The first-order valence-electron chi connectivity index (χ1n) is 10.1. The Morgan fingerprint density at radius 3 is 2.26 bits per heavy atom. The molecule has 1 atom stereocenters. The fourth-order valence-corrected chi connectivity index (χ4v) is 4.82. The zero-order valence-electron chi connectivity index (χ0n) is 18.5. The number of amides is 1. The Hall–Kier alpha value is -3.12. The summed E-state index contributed by atoms with van der Waals surface area (Å²) in [5.74, 6) is -0.317. The maximum Gasteiger partial charge on any atom is 0.264 e. The van der Waals surface area contributed by atoms with Gasteiger partial charge in [0.1, 0.15) is 0 Å². The van der Waals surface area contributed by atoms with E-state index in [1.54, 1.807) is 24.3 Å². The van der Waals surface area contributed by atoms with E-state index in [4.69, 9.17) is 0 Å². The van der Waals surface area contributed by atoms with Crippen molar-refractivity contribution in [2.75, 3.05) is 11.4 Å². The van der Waals surface area contributed by atoms with Crippen LogP contribution >= 0.6 is 0 Å². The van der Waals surface area contributed by atoms with E-state index in [1.807, 2.05) is 52.0 Å². The van der Waals surface area contributed by atoms with Crippen LogP contribution in [0, 0.1) is 20.8 Å². The Balaban J connectivity index is 1.84. The average Bonchev–Trinajstić information content (AvgIpc) is 2.73. The van der Waals surface area contributed by atoms with E-state index < -0.39 is 10.0 Å². The monoisotopic (exact) mass is 436 g/mol. The van der Waals surface area contributed by atoms with Crippen LogP contribution in [-0.4, -0.2) is 21.4 Å². The summed E-state index contributed by atoms with van der Waals surface area (Å²) in [4.78, 5) is 12.9. The van der Waals surface area contributed by atoms with Gasteiger partial charge in [-0.3, -0.25) is 9.10 Å². The third kappa shape index (κ3) is 4.97. The van der Waals surface area contributed by atoms with Crippen molar-refractivity contribution < 1.29 is 13.2 Å². The van der Waals surface area contributed by atoms with Crippen molar-refractivity contribution in [2.45, 2.75) is 38.6 Å². The molecular weight excluding hydrogens is 408 g/mol. The Kier molecular flexibility index (Phi) is 6.51. The van der Waals surface area contributed by atoms with Crippen LogP contribution in [0.25, 0.3) is 0 Å². The highest BCUT2D eigenvalue weighted by molar-refractivity contribution is 7.92. The lowest BCUT2D eigenvalue weighted by Crippen LogP contribution is -2.29. The number of hydrogen-bond donors (Lipinski definition) is 1. The second-order valence-electron chi connectivity index (χ2n) is 7.89. The van der Waals surface area contributed by atoms with E-state index in [2.05, 4.69) is 11.4 Å². The van der Waals surface area contributed by atoms with Gasteiger partial charge < -0.3 is 5.32 Å². The molecule has 3 rings (SSSR count). The topological polar surface area (TPSA) is 66.5 Å². The standard InChI is InChI=1S/C25H28N2O3S/c1-17-8-6-10-22(15-17)27(5)31(29,30)23-11-7-9-21(16-23)25(28)26-20(4)24-13-12-18(2)14-19(24)3/h6-16,20H,1-5H3,(H,26,28)/t20-/m1/s1. The summed E-state index contributed by atoms with van der Waals surface area (Å²) in [5.41, 5.74) is 5.13. The summed E-state index contributed by atoms with van der Waals surface area (Å²) in [6.07, 6.45) is 0. The van der Waals surface area contributed by atoms with Crippen molar-refractivity contribution in [2.24, 2.45) is 0 Å². The molecule has 31 heavy (non-hydrogen) atoms. The van der Waals surface area contributed by atoms with Gasteiger partial charge in [0.05, 0.1) is 16.6 Å². The van der Waals surface area contributed by atoms with Crippen molar-refractivity contribution >= 4 is 21.6 Å². The molecule has 3 aromatic carbocycles. The van der Waals surface area contributed by atoms with Crippen LogP contribution in [0.15, 0.2) is 71.6 Å². The second kappa shape index (κ2) is 8.94. The van der Waals surface area contributed by atoms with Gasteiger partial charge in [0.25, 0.3) is 15.9 Å². The van der Waals surface area contributed by atoms with Crippen LogP contribution in [0.4, 0.5) is 5.69 Å². The zero-order chi connectivity index (χ0) is 22.8. The summed E-state index contributed by atoms with van der Waals surface area (Å²) in [6, 6.07) is 19.3. The molecule has 1 N–H and O–H groups in total. The molecule has 0 heterocycles. The molecule has 0 aliphatic heterocycles. The Labute approximate surface area is 184 Å². The van der Waals surface area contributed by atoms with Crippen molar-refractivity contribution in [1.29, 1.82) is 0 Å². The highest BCUT2D eigenvalue weighted by atomic mass is 32.2. The third-order valence-electron chi connectivity index (χ3n) is 5.36. The lowest BCUT2D eigenvalue weighted by Gasteiger charge is -2.21. The molecule has 1 amide bonds. The molecule has 0 aliphatic rings. The Morgan fingerprint density at radius 1 is 0.903 bits per heavy atom. The Bertz CT molecular complexity index is 1220. The molecule has 0 fully saturated rings. The predicted molar refractivity (Wildman–Crippen MR) is 125 cm³/mol. The number of anilines is 1. The maximum absolute atomic E-state index is 13.1. The molecule has 0 aromatic heterocycles. The molecule has 0 spiro atoms. The van der Waals surface area contributed by atoms with Gasteiger partial charge in [-0.1, -0.05) is 42.0 Å². The van der Waals surface area contributed by atoms with Gasteiger partial charge in [0, 0.05) is 12.6 Å². The number of nitrogens with one attached hydrogen (secondary N) is 1. The van der Waals surface area contributed by atoms with E-state index in [9.17, 15) is 13.2 Å². The summed E-state index contributed by atoms with van der Waals surface area (Å²) in [7, 11) is -2.29. The second-order valence-corrected chi connectivity index (χ2v) is 9.86. The van der Waals surface area contributed by atoms with Gasteiger partial charge in [0.15, 0.2) is 0 Å². The third-order valence-corrected chi connectivity index (χ3v) is 7.14. The van der Waals surface area contributed by atoms with Crippen LogP contribution in [0.2, 0.25) is 0 Å². The molecule has 3 aromatic rings. The number of nitrogens with zero attached hydrogens (tertiary/aromatic N) is 1. The minimum atomic E-state index is -3.80. The maximum atomic E-state index is 13.1. The SMILES string of the molecule is Cc1cccc(N(C)S(=O)(=O)c2cccc(C(=O)N[C@H](C)c3ccc(C)cc3C)c2)c1. The van der Waals surface area contributed by atoms with E-state index in [0.717, 1.165) is 22.3 Å². The quantitative estimate of drug-likeness (QED) is 0.596. The fraction of sp³-hybridized carbons (Fsp3) is 0.240. The number of carbonyl (C=O) groups is 1. The average molecular weight is 437 g/mol. The zero-order valence-corrected chi connectivity index (χ0v) is 19.3. The van der Waals surface area contributed by atoms with Crippen LogP contribution in [-0.2, 0) is 10.0 Å².